The number of carboxylic acids is 1. The first-order chi connectivity index (χ1) is 39.9. The second-order valence-corrected chi connectivity index (χ2v) is 22.1. The Morgan fingerprint density at radius 1 is 0.643 bits per heavy atom. The van der Waals surface area contributed by atoms with Gasteiger partial charge < -0.3 is 83.9 Å². The van der Waals surface area contributed by atoms with Gasteiger partial charge in [-0.2, -0.15) is 0 Å². The van der Waals surface area contributed by atoms with Gasteiger partial charge in [-0.15, -0.1) is 0 Å². The number of para-hydroxylation sites is 2. The Balaban J connectivity index is 1.21. The number of hydrogen-bond donors (Lipinski definition) is 15. The predicted octanol–water partition coefficient (Wildman–Crippen LogP) is -1.07. The lowest BCUT2D eigenvalue weighted by molar-refractivity contribution is -0.144. The van der Waals surface area contributed by atoms with Crippen LogP contribution in [0.15, 0.2) is 73.4 Å². The van der Waals surface area contributed by atoms with Gasteiger partial charge >= 0.3 is 5.97 Å². The smallest absolute Gasteiger partial charge is 0.328 e. The summed E-state index contributed by atoms with van der Waals surface area (Å²) >= 11 is 0. The lowest BCUT2D eigenvalue weighted by atomic mass is 10.00. The molecule has 9 amide bonds. The number of aliphatic carboxylic acids is 1. The van der Waals surface area contributed by atoms with E-state index in [1.807, 2.05) is 24.3 Å². The minimum Gasteiger partial charge on any atom is -0.480 e. The number of fused-ring (bicyclic) bond motifs is 2. The van der Waals surface area contributed by atoms with E-state index in [4.69, 9.17) is 11.5 Å². The molecule has 3 aromatic heterocycles. The topological polar surface area (TPSA) is 431 Å². The highest BCUT2D eigenvalue weighted by atomic mass is 16.4. The van der Waals surface area contributed by atoms with Crippen LogP contribution in [0.4, 0.5) is 0 Å². The number of likely N-dealkylation sites (tertiary alicyclic amines) is 1. The number of aromatic amines is 3. The molecule has 1 fully saturated rings. The van der Waals surface area contributed by atoms with Crippen molar-refractivity contribution < 1.29 is 63.3 Å². The molecule has 10 atom stereocenters. The fourth-order valence-electron chi connectivity index (χ4n) is 10.1. The van der Waals surface area contributed by atoms with E-state index < -0.39 is 133 Å². The fraction of sp³-hybridized carbons (Fsp3) is 0.491. The molecule has 84 heavy (non-hydrogen) atoms. The van der Waals surface area contributed by atoms with Gasteiger partial charge in [-0.05, 0) is 80.5 Å². The SMILES string of the molecule is CC(C)C[C@H](NC(=O)[C@H](CCC(N)=O)NC(=O)[C@H](Cc1c[nH]c2ccccc12)NC(=O)[C@@H](NC(=O)[C@@H](N)Cc1c[nH]c2ccccc12)[C@@H](C)O)C(=O)N[C@@H](Cc1cnc[nH]1)C(=O)N1CCC[C@H]1C(=O)N[C@@H](CC(C)C)C(=O)N[C@@H](CO)C(=O)O. The van der Waals surface area contributed by atoms with Crippen LogP contribution in [0.3, 0.4) is 0 Å². The molecule has 0 bridgehead atoms. The van der Waals surface area contributed by atoms with Crippen LogP contribution in [-0.4, -0.2) is 173 Å². The Bertz CT molecular complexity index is 3120. The number of aliphatic hydroxyl groups is 2. The summed E-state index contributed by atoms with van der Waals surface area (Å²) in [4.78, 5) is 152. The van der Waals surface area contributed by atoms with Gasteiger partial charge in [0.15, 0.2) is 0 Å². The van der Waals surface area contributed by atoms with E-state index >= 15 is 0 Å². The normalized spacial score (nSPS) is 16.5. The number of benzene rings is 2. The van der Waals surface area contributed by atoms with Crippen molar-refractivity contribution in [3.63, 3.8) is 0 Å². The van der Waals surface area contributed by atoms with Crippen LogP contribution in [0.5, 0.6) is 0 Å². The summed E-state index contributed by atoms with van der Waals surface area (Å²) in [6.45, 7) is 7.56. The van der Waals surface area contributed by atoms with Crippen LogP contribution in [0.2, 0.25) is 0 Å². The molecule has 1 aliphatic rings. The number of nitrogens with two attached hydrogens (primary N) is 2. The lowest BCUT2D eigenvalue weighted by Gasteiger charge is -2.31. The predicted molar refractivity (Wildman–Crippen MR) is 306 cm³/mol. The fourth-order valence-corrected chi connectivity index (χ4v) is 10.1. The van der Waals surface area contributed by atoms with Gasteiger partial charge in [0.25, 0.3) is 0 Å². The van der Waals surface area contributed by atoms with E-state index in [-0.39, 0.29) is 63.3 Å². The van der Waals surface area contributed by atoms with Crippen LogP contribution in [0.1, 0.15) is 90.0 Å². The molecule has 17 N–H and O–H groups in total. The third kappa shape index (κ3) is 17.7. The largest absolute Gasteiger partial charge is 0.480 e. The number of primary amides is 1. The number of aliphatic hydroxyl groups excluding tert-OH is 2. The molecule has 0 spiro atoms. The molecular formula is C57H78N14O13. The summed E-state index contributed by atoms with van der Waals surface area (Å²) in [6.07, 6.45) is 4.18. The monoisotopic (exact) mass is 1170 g/mol. The molecule has 1 aliphatic heterocycles. The maximum atomic E-state index is 14.7. The molecule has 0 unspecified atom stereocenters. The molecule has 27 heteroatoms. The summed E-state index contributed by atoms with van der Waals surface area (Å²) in [5, 5.41) is 49.5. The number of carbonyl (C=O) groups is 10. The van der Waals surface area contributed by atoms with Crippen molar-refractivity contribution in [3.05, 3.63) is 90.3 Å². The van der Waals surface area contributed by atoms with E-state index in [0.717, 1.165) is 16.5 Å². The molecular weight excluding hydrogens is 1090 g/mol. The van der Waals surface area contributed by atoms with E-state index in [1.165, 1.54) is 24.3 Å². The first-order valence-corrected chi connectivity index (χ1v) is 28.0. The molecule has 454 valence electrons. The van der Waals surface area contributed by atoms with Gasteiger partial charge in [-0.3, -0.25) is 43.2 Å². The number of carboxylic acid groups (broad SMARTS) is 1. The quantitative estimate of drug-likeness (QED) is 0.0251. The maximum absolute atomic E-state index is 14.7. The second kappa shape index (κ2) is 30.0. The highest BCUT2D eigenvalue weighted by Gasteiger charge is 2.41. The van der Waals surface area contributed by atoms with Crippen LogP contribution in [0, 0.1) is 11.8 Å². The highest BCUT2D eigenvalue weighted by Crippen LogP contribution is 2.23. The number of H-pyrrole nitrogens is 3. The van der Waals surface area contributed by atoms with Gasteiger partial charge in [-0.25, -0.2) is 9.78 Å². The van der Waals surface area contributed by atoms with Crippen molar-refractivity contribution in [3.8, 4) is 0 Å². The van der Waals surface area contributed by atoms with Gasteiger partial charge in [-0.1, -0.05) is 64.1 Å². The number of carbonyl (C=O) groups excluding carboxylic acids is 9. The average Bonchev–Trinajstić information content (AvgIpc) is 4.12. The van der Waals surface area contributed by atoms with Crippen molar-refractivity contribution in [2.24, 2.45) is 23.3 Å². The molecule has 0 aliphatic carbocycles. The standard InChI is InChI=1S/C57H78N14O13/c1-29(2)19-41(51(77)68-44(23-34-26-60-28-63-34)56(82)71-18-10-15-46(71)54(80)66-42(20-30(3)4)52(78)69-45(27-72)57(83)84)65-50(76)40(16-17-47(59)74)64-53(79)43(22-33-25-62-39-14-9-7-12-36(33)39)67-55(81)48(31(5)73)70-49(75)37(58)21-32-24-61-38-13-8-6-11-35(32)38/h6-9,11-14,24-26,28-31,37,40-46,48,61-62,72-73H,10,15-23,27,58H2,1-5H3,(H2,59,74)(H,60,63)(H,64,79)(H,65,76)(H,66,80)(H,67,81)(H,68,77)(H,69,78)(H,70,75)(H,83,84)/t31-,37+,40+,41+,42+,43+,44+,45+,46+,48+/m1/s1. The molecule has 0 radical (unpaired) electrons. The first kappa shape index (κ1) is 64.5. The molecule has 1 saturated heterocycles. The van der Waals surface area contributed by atoms with Crippen LogP contribution in [0.25, 0.3) is 21.8 Å². The van der Waals surface area contributed by atoms with Crippen molar-refractivity contribution in [1.29, 1.82) is 0 Å². The van der Waals surface area contributed by atoms with Crippen LogP contribution < -0.4 is 48.7 Å². The number of hydrogen-bond acceptors (Lipinski definition) is 14. The van der Waals surface area contributed by atoms with Crippen molar-refractivity contribution in [1.82, 2.24) is 62.1 Å². The number of amides is 9. The van der Waals surface area contributed by atoms with E-state index in [9.17, 15) is 63.3 Å². The summed E-state index contributed by atoms with van der Waals surface area (Å²) in [7, 11) is 0. The van der Waals surface area contributed by atoms with Gasteiger partial charge in [0.1, 0.15) is 48.3 Å². The Kier molecular flexibility index (Phi) is 23.1. The van der Waals surface area contributed by atoms with Crippen molar-refractivity contribution in [2.75, 3.05) is 13.2 Å². The van der Waals surface area contributed by atoms with Gasteiger partial charge in [0.05, 0.1) is 25.1 Å². The van der Waals surface area contributed by atoms with Gasteiger partial charge in [0, 0.05) is 71.9 Å². The molecule has 6 rings (SSSR count). The van der Waals surface area contributed by atoms with E-state index in [0.29, 0.717) is 28.6 Å². The zero-order valence-corrected chi connectivity index (χ0v) is 47.6. The third-order valence-corrected chi connectivity index (χ3v) is 14.5. The summed E-state index contributed by atoms with van der Waals surface area (Å²) < 4.78 is 0. The van der Waals surface area contributed by atoms with Crippen molar-refractivity contribution >= 4 is 80.9 Å². The number of aromatic nitrogens is 4. The molecule has 5 aromatic rings. The van der Waals surface area contributed by atoms with Crippen molar-refractivity contribution in [2.45, 2.75) is 153 Å². The molecule has 0 saturated carbocycles. The lowest BCUT2D eigenvalue weighted by Crippen LogP contribution is -2.61. The Labute approximate surface area is 484 Å². The summed E-state index contributed by atoms with van der Waals surface area (Å²) in [5.74, 6) is -9.46. The zero-order valence-electron chi connectivity index (χ0n) is 47.6. The van der Waals surface area contributed by atoms with Gasteiger partial charge in [0.2, 0.25) is 53.2 Å². The Hall–Kier alpha value is -8.69. The van der Waals surface area contributed by atoms with E-state index in [2.05, 4.69) is 57.2 Å². The second-order valence-electron chi connectivity index (χ2n) is 22.1. The minimum atomic E-state index is -1.63. The van der Waals surface area contributed by atoms with Crippen LogP contribution >= 0.6 is 0 Å². The van der Waals surface area contributed by atoms with E-state index in [1.54, 1.807) is 64.4 Å². The molecule has 2 aromatic carbocycles. The summed E-state index contributed by atoms with van der Waals surface area (Å²) in [6, 6.07) is 1.94. The highest BCUT2D eigenvalue weighted by molar-refractivity contribution is 5.99. The average molecular weight is 1170 g/mol. The number of imidazole rings is 1. The third-order valence-electron chi connectivity index (χ3n) is 14.5. The Morgan fingerprint density at radius 3 is 1.71 bits per heavy atom. The minimum absolute atomic E-state index is 0.0107. The number of nitrogens with one attached hydrogen (secondary N) is 10. The van der Waals surface area contributed by atoms with Crippen LogP contribution in [-0.2, 0) is 67.2 Å². The maximum Gasteiger partial charge on any atom is 0.328 e. The zero-order chi connectivity index (χ0) is 61.4. The Morgan fingerprint density at radius 2 is 1.17 bits per heavy atom. The number of nitrogens with zero attached hydrogens (tertiary/aromatic N) is 2. The summed E-state index contributed by atoms with van der Waals surface area (Å²) in [5.41, 5.74) is 15.2. The molecule has 27 nitrogen and oxygen atoms in total. The first-order valence-electron chi connectivity index (χ1n) is 28.0. The number of rotatable bonds is 31. The molecule has 4 heterocycles.